The minimum absolute atomic E-state index is 0. The summed E-state index contributed by atoms with van der Waals surface area (Å²) >= 11 is 0. The Bertz CT molecular complexity index is 44.3. The average molecular weight is 250 g/mol. The third-order valence-corrected chi connectivity index (χ3v) is 0. The molecule has 0 aliphatic heterocycles. The molecule has 1 N–H and O–H groups in total. The molecule has 0 amide bonds. The van der Waals surface area contributed by atoms with E-state index in [0.29, 0.717) is 0 Å². The van der Waals surface area contributed by atoms with Crippen molar-refractivity contribution in [3.8, 4) is 0 Å². The molecule has 68 valence electrons. The number of hydrogen-bond acceptors (Lipinski definition) is 0. The van der Waals surface area contributed by atoms with E-state index in [4.69, 9.17) is 5.73 Å². The van der Waals surface area contributed by atoms with E-state index in [2.05, 4.69) is 13.1 Å². The largest absolute Gasteiger partial charge is 3.00 e. The summed E-state index contributed by atoms with van der Waals surface area (Å²) in [5.41, 5.74) is 6.69. The first-order valence-electron chi connectivity index (χ1n) is 2.90. The van der Waals surface area contributed by atoms with Crippen LogP contribution in [0.1, 0.15) is 20.8 Å². The monoisotopic (exact) mass is 249 g/mol. The second kappa shape index (κ2) is 17.5. The van der Waals surface area contributed by atoms with Crippen molar-refractivity contribution in [2.24, 2.45) is 0 Å². The summed E-state index contributed by atoms with van der Waals surface area (Å²) in [5, 5.41) is 0. The van der Waals surface area contributed by atoms with Gasteiger partial charge in [-0.1, -0.05) is 33.9 Å². The second-order valence-corrected chi connectivity index (χ2v) is 3.98. The van der Waals surface area contributed by atoms with Crippen molar-refractivity contribution >= 4 is 9.52 Å². The average Bonchev–Trinajstić information content (AvgIpc) is 1.27. The van der Waals surface area contributed by atoms with Crippen LogP contribution in [0.5, 0.6) is 0 Å². The number of rotatable bonds is 0. The molecule has 2 radical (unpaired) electrons. The normalized spacial score (nSPS) is 7.09. The summed E-state index contributed by atoms with van der Waals surface area (Å²) in [5.74, 6) is 0. The molecule has 0 heterocycles. The Hall–Kier alpha value is 1.47. The third-order valence-electron chi connectivity index (χ3n) is 0. The van der Waals surface area contributed by atoms with E-state index in [-0.39, 0.29) is 52.1 Å². The van der Waals surface area contributed by atoms with Crippen LogP contribution in [0.25, 0.3) is 5.73 Å². The van der Waals surface area contributed by atoms with Gasteiger partial charge in [-0.25, -0.2) is 0 Å². The molecule has 0 unspecified atom stereocenters. The Morgan fingerprint density at radius 3 is 1.00 bits per heavy atom. The minimum Gasteiger partial charge on any atom is -1.00 e. The smallest absolute Gasteiger partial charge is 1.00 e. The van der Waals surface area contributed by atoms with Crippen LogP contribution in [0.2, 0.25) is 13.1 Å². The maximum atomic E-state index is 6.94. The van der Waals surface area contributed by atoms with Crippen LogP contribution in [-0.4, -0.2) is 15.1 Å². The number of hydrogen-bond donors (Lipinski definition) is 0. The molecule has 0 fully saturated rings. The molecule has 0 atom stereocenters. The molecule has 0 aromatic heterocycles. The van der Waals surface area contributed by atoms with E-state index in [1.165, 1.54) is 0 Å². The van der Waals surface area contributed by atoms with Gasteiger partial charge in [0.15, 0.2) is 0 Å². The molecule has 0 aromatic rings. The van der Waals surface area contributed by atoms with Crippen molar-refractivity contribution in [1.29, 1.82) is 0 Å². The molecule has 0 aromatic carbocycles. The summed E-state index contributed by atoms with van der Waals surface area (Å²) in [6, 6.07) is 0. The Balaban J connectivity index is -0.0000000183. The van der Waals surface area contributed by atoms with Crippen molar-refractivity contribution in [3.05, 3.63) is 5.73 Å². The van der Waals surface area contributed by atoms with Crippen LogP contribution >= 0.6 is 0 Å². The zero-order valence-corrected chi connectivity index (χ0v) is 12.1. The van der Waals surface area contributed by atoms with Crippen molar-refractivity contribution < 1.29 is 46.5 Å². The summed E-state index contributed by atoms with van der Waals surface area (Å²) in [6.07, 6.45) is 0. The van der Waals surface area contributed by atoms with Gasteiger partial charge in [0.2, 0.25) is 0 Å². The first kappa shape index (κ1) is 29.4. The quantitative estimate of drug-likeness (QED) is 0.396. The fourth-order valence-corrected chi connectivity index (χ4v) is 0. The van der Waals surface area contributed by atoms with E-state index < -0.39 is 0 Å². The van der Waals surface area contributed by atoms with E-state index >= 15 is 0 Å². The van der Waals surface area contributed by atoms with Crippen LogP contribution in [0.3, 0.4) is 0 Å². The SMILES string of the molecule is CC(C)(C)[NH-].C[SiH]C.[Cl-].[Cl-].[Ti+3]. The molecule has 0 bridgehead atoms. The molecule has 0 aliphatic carbocycles. The number of halogens is 2. The van der Waals surface area contributed by atoms with Gasteiger partial charge < -0.3 is 30.5 Å². The zero-order chi connectivity index (χ0) is 7.21. The Morgan fingerprint density at radius 2 is 1.00 bits per heavy atom. The van der Waals surface area contributed by atoms with Gasteiger partial charge in [-0.05, 0) is 0 Å². The van der Waals surface area contributed by atoms with Crippen LogP contribution < -0.4 is 24.8 Å². The summed E-state index contributed by atoms with van der Waals surface area (Å²) in [6.45, 7) is 9.98. The summed E-state index contributed by atoms with van der Waals surface area (Å²) < 4.78 is 0. The molecule has 11 heavy (non-hydrogen) atoms. The first-order valence-corrected chi connectivity index (χ1v) is 5.21. The van der Waals surface area contributed by atoms with Gasteiger partial charge in [0.1, 0.15) is 0 Å². The van der Waals surface area contributed by atoms with Crippen molar-refractivity contribution in [1.82, 2.24) is 0 Å². The van der Waals surface area contributed by atoms with Gasteiger partial charge in [0.05, 0.1) is 0 Å². The van der Waals surface area contributed by atoms with Crippen LogP contribution in [-0.2, 0) is 21.7 Å². The topological polar surface area (TPSA) is 23.8 Å². The van der Waals surface area contributed by atoms with Gasteiger partial charge in [-0.2, -0.15) is 0 Å². The molecular weight excluding hydrogens is 233 g/mol. The Morgan fingerprint density at radius 1 is 1.00 bits per heavy atom. The second-order valence-electron chi connectivity index (χ2n) is 2.83. The summed E-state index contributed by atoms with van der Waals surface area (Å²) in [4.78, 5) is 0. The first-order chi connectivity index (χ1) is 3.41. The van der Waals surface area contributed by atoms with Crippen molar-refractivity contribution in [3.63, 3.8) is 0 Å². The van der Waals surface area contributed by atoms with Gasteiger partial charge in [0.25, 0.3) is 0 Å². The maximum Gasteiger partial charge on any atom is 3.00 e. The van der Waals surface area contributed by atoms with E-state index in [1.807, 2.05) is 20.8 Å². The van der Waals surface area contributed by atoms with E-state index in [1.54, 1.807) is 0 Å². The maximum absolute atomic E-state index is 6.94. The third kappa shape index (κ3) is 475. The zero-order valence-electron chi connectivity index (χ0n) is 7.83. The van der Waals surface area contributed by atoms with Crippen LogP contribution in [0.4, 0.5) is 0 Å². The Labute approximate surface area is 101 Å². The van der Waals surface area contributed by atoms with Crippen LogP contribution in [0.15, 0.2) is 0 Å². The molecule has 0 spiro atoms. The predicted molar refractivity (Wildman–Crippen MR) is 43.0 cm³/mol. The molecule has 0 aliphatic rings. The molecule has 1 nitrogen and oxygen atoms in total. The van der Waals surface area contributed by atoms with Gasteiger partial charge >= 0.3 is 21.7 Å². The van der Waals surface area contributed by atoms with E-state index in [9.17, 15) is 0 Å². The fraction of sp³-hybridized carbons (Fsp3) is 1.00. The van der Waals surface area contributed by atoms with Gasteiger partial charge in [-0.3, -0.25) is 0 Å². The molecule has 0 saturated carbocycles. The van der Waals surface area contributed by atoms with Gasteiger partial charge in [0, 0.05) is 9.52 Å². The minimum atomic E-state index is -0.250. The predicted octanol–water partition coefficient (Wildman–Crippen LogP) is -3.64. The number of nitrogens with one attached hydrogen (secondary N) is 1. The molecule has 0 rings (SSSR count). The Kier molecular flexibility index (Phi) is 46.8. The van der Waals surface area contributed by atoms with Gasteiger partial charge in [-0.15, -0.1) is 5.54 Å². The van der Waals surface area contributed by atoms with Crippen LogP contribution in [0, 0.1) is 0 Å². The van der Waals surface area contributed by atoms with Crippen molar-refractivity contribution in [2.75, 3.05) is 0 Å². The van der Waals surface area contributed by atoms with E-state index in [0.717, 1.165) is 9.52 Å². The molecule has 5 heteroatoms. The molecule has 0 saturated heterocycles. The summed E-state index contributed by atoms with van der Waals surface area (Å²) in [7, 11) is 0.750. The van der Waals surface area contributed by atoms with Crippen molar-refractivity contribution in [2.45, 2.75) is 39.4 Å². The fourth-order valence-electron chi connectivity index (χ4n) is 0. The molecular formula is C6H17Cl2NSiTi. The standard InChI is InChI=1S/C4H10N.C2H7Si.2ClH.Ti/c1-4(2,3)5;1-3-2;;;/h5H,1-3H3;3H,1-2H3;2*1H;/q-1;;;;+3/p-2.